The van der Waals surface area contributed by atoms with Crippen molar-refractivity contribution in [2.24, 2.45) is 0 Å². The lowest BCUT2D eigenvalue weighted by Crippen LogP contribution is -2.14. The van der Waals surface area contributed by atoms with Crippen molar-refractivity contribution in [1.82, 2.24) is 15.1 Å². The number of ether oxygens (including phenoxy) is 1. The van der Waals surface area contributed by atoms with Crippen LogP contribution in [-0.2, 0) is 0 Å². The van der Waals surface area contributed by atoms with E-state index in [4.69, 9.17) is 20.9 Å². The van der Waals surface area contributed by atoms with Crippen LogP contribution >= 0.6 is 11.6 Å². The minimum absolute atomic E-state index is 0.00466. The molecule has 4 rings (SSSR count). The fourth-order valence-corrected chi connectivity index (χ4v) is 3.82. The molecule has 1 aliphatic rings. The van der Waals surface area contributed by atoms with Gasteiger partial charge in [0.15, 0.2) is 0 Å². The van der Waals surface area contributed by atoms with Crippen LogP contribution in [0.25, 0.3) is 22.8 Å². The summed E-state index contributed by atoms with van der Waals surface area (Å²) in [5.41, 5.74) is 3.83. The standard InChI is InChI=1S/C22H25ClN4O2/c1-13(2)28-22-19(23)11-15(12-24-22)21-26-20(27-29-21)18-9-8-17(10-14(18)3)25-16-6-4-5-7-16/h8-13,16,25H,4-7H2,1-3H3. The Kier molecular flexibility index (Phi) is 5.72. The lowest BCUT2D eigenvalue weighted by molar-refractivity contribution is 0.233. The van der Waals surface area contributed by atoms with E-state index < -0.39 is 0 Å². The number of hydrogen-bond acceptors (Lipinski definition) is 6. The molecule has 1 aromatic carbocycles. The van der Waals surface area contributed by atoms with Crippen LogP contribution in [0.5, 0.6) is 5.88 Å². The maximum absolute atomic E-state index is 6.28. The monoisotopic (exact) mass is 412 g/mol. The van der Waals surface area contributed by atoms with Gasteiger partial charge in [-0.15, -0.1) is 0 Å². The van der Waals surface area contributed by atoms with Crippen LogP contribution < -0.4 is 10.1 Å². The Hall–Kier alpha value is -2.60. The van der Waals surface area contributed by atoms with Gasteiger partial charge in [0.1, 0.15) is 5.02 Å². The van der Waals surface area contributed by atoms with Gasteiger partial charge in [-0.25, -0.2) is 4.98 Å². The molecule has 0 atom stereocenters. The fourth-order valence-electron chi connectivity index (χ4n) is 3.61. The summed E-state index contributed by atoms with van der Waals surface area (Å²) in [5.74, 6) is 1.31. The van der Waals surface area contributed by atoms with Crippen molar-refractivity contribution >= 4 is 17.3 Å². The SMILES string of the molecule is Cc1cc(NC2CCCC2)ccc1-c1noc(-c2cnc(OC(C)C)c(Cl)c2)n1. The van der Waals surface area contributed by atoms with Crippen LogP contribution in [0, 0.1) is 6.92 Å². The summed E-state index contributed by atoms with van der Waals surface area (Å²) in [6.45, 7) is 5.90. The first-order chi connectivity index (χ1) is 14.0. The number of nitrogens with one attached hydrogen (secondary N) is 1. The number of aromatic nitrogens is 3. The molecule has 1 N–H and O–H groups in total. The van der Waals surface area contributed by atoms with E-state index in [9.17, 15) is 0 Å². The molecule has 2 aromatic heterocycles. The predicted molar refractivity (Wildman–Crippen MR) is 114 cm³/mol. The van der Waals surface area contributed by atoms with Gasteiger partial charge in [-0.1, -0.05) is 29.6 Å². The Bertz CT molecular complexity index is 996. The van der Waals surface area contributed by atoms with Gasteiger partial charge in [0.05, 0.1) is 11.7 Å². The Morgan fingerprint density at radius 2 is 2.00 bits per heavy atom. The Labute approximate surface area is 175 Å². The molecule has 152 valence electrons. The number of rotatable bonds is 6. The molecule has 1 aliphatic carbocycles. The molecular weight excluding hydrogens is 388 g/mol. The molecule has 7 heteroatoms. The van der Waals surface area contributed by atoms with E-state index >= 15 is 0 Å². The highest BCUT2D eigenvalue weighted by Crippen LogP contribution is 2.31. The van der Waals surface area contributed by atoms with Crippen molar-refractivity contribution in [2.75, 3.05) is 5.32 Å². The average molecular weight is 413 g/mol. The summed E-state index contributed by atoms with van der Waals surface area (Å²) in [5, 5.41) is 8.18. The van der Waals surface area contributed by atoms with Crippen molar-refractivity contribution in [2.45, 2.75) is 58.6 Å². The third-order valence-corrected chi connectivity index (χ3v) is 5.29. The average Bonchev–Trinajstić information content (AvgIpc) is 3.35. The quantitative estimate of drug-likeness (QED) is 0.543. The second-order valence-electron chi connectivity index (χ2n) is 7.76. The van der Waals surface area contributed by atoms with E-state index in [1.165, 1.54) is 25.7 Å². The van der Waals surface area contributed by atoms with Gasteiger partial charge in [0, 0.05) is 23.5 Å². The third kappa shape index (κ3) is 4.53. The van der Waals surface area contributed by atoms with Crippen LogP contribution in [0.1, 0.15) is 45.1 Å². The van der Waals surface area contributed by atoms with Crippen LogP contribution in [0.3, 0.4) is 0 Å². The zero-order chi connectivity index (χ0) is 20.4. The molecule has 2 heterocycles. The minimum Gasteiger partial charge on any atom is -0.474 e. The molecule has 0 aliphatic heterocycles. The number of aryl methyl sites for hydroxylation is 1. The zero-order valence-corrected chi connectivity index (χ0v) is 17.7. The van der Waals surface area contributed by atoms with Crippen molar-refractivity contribution < 1.29 is 9.26 Å². The fraction of sp³-hybridized carbons (Fsp3) is 0.409. The van der Waals surface area contributed by atoms with E-state index in [0.717, 1.165) is 16.8 Å². The number of halogens is 1. The van der Waals surface area contributed by atoms with Gasteiger partial charge in [-0.05, 0) is 63.4 Å². The molecule has 0 bridgehead atoms. The number of nitrogens with zero attached hydrogens (tertiary/aromatic N) is 3. The highest BCUT2D eigenvalue weighted by Gasteiger charge is 2.17. The van der Waals surface area contributed by atoms with Gasteiger partial charge in [-0.3, -0.25) is 0 Å². The van der Waals surface area contributed by atoms with Gasteiger partial charge in [0.25, 0.3) is 5.89 Å². The van der Waals surface area contributed by atoms with Crippen LogP contribution in [0.4, 0.5) is 5.69 Å². The summed E-state index contributed by atoms with van der Waals surface area (Å²) >= 11 is 6.28. The lowest BCUT2D eigenvalue weighted by atomic mass is 10.1. The van der Waals surface area contributed by atoms with Crippen LogP contribution in [-0.4, -0.2) is 27.3 Å². The summed E-state index contributed by atoms with van der Waals surface area (Å²) in [6, 6.07) is 8.56. The Balaban J connectivity index is 1.53. The molecule has 0 amide bonds. The van der Waals surface area contributed by atoms with E-state index in [2.05, 4.69) is 39.5 Å². The van der Waals surface area contributed by atoms with E-state index in [-0.39, 0.29) is 6.10 Å². The van der Waals surface area contributed by atoms with Crippen molar-refractivity contribution in [3.8, 4) is 28.7 Å². The van der Waals surface area contributed by atoms with Crippen LogP contribution in [0.2, 0.25) is 5.02 Å². The van der Waals surface area contributed by atoms with Crippen LogP contribution in [0.15, 0.2) is 35.0 Å². The Morgan fingerprint density at radius 1 is 1.21 bits per heavy atom. The first-order valence-electron chi connectivity index (χ1n) is 10.0. The maximum Gasteiger partial charge on any atom is 0.259 e. The predicted octanol–water partition coefficient (Wildman–Crippen LogP) is 5.90. The molecule has 1 fully saturated rings. The number of benzene rings is 1. The minimum atomic E-state index is -0.00466. The summed E-state index contributed by atoms with van der Waals surface area (Å²) in [6.07, 6.45) is 6.73. The molecule has 0 spiro atoms. The highest BCUT2D eigenvalue weighted by molar-refractivity contribution is 6.32. The normalized spacial score (nSPS) is 14.5. The highest BCUT2D eigenvalue weighted by atomic mass is 35.5. The summed E-state index contributed by atoms with van der Waals surface area (Å²) in [7, 11) is 0. The molecule has 0 saturated heterocycles. The lowest BCUT2D eigenvalue weighted by Gasteiger charge is -2.14. The number of anilines is 1. The van der Waals surface area contributed by atoms with Crippen molar-refractivity contribution in [3.05, 3.63) is 41.0 Å². The number of hydrogen-bond donors (Lipinski definition) is 1. The zero-order valence-electron chi connectivity index (χ0n) is 16.9. The van der Waals surface area contributed by atoms with Gasteiger partial charge in [-0.2, -0.15) is 4.98 Å². The maximum atomic E-state index is 6.28. The first kappa shape index (κ1) is 19.7. The number of pyridine rings is 1. The topological polar surface area (TPSA) is 73.1 Å². The van der Waals surface area contributed by atoms with Crippen molar-refractivity contribution in [3.63, 3.8) is 0 Å². The molecule has 29 heavy (non-hydrogen) atoms. The van der Waals surface area contributed by atoms with E-state index in [1.54, 1.807) is 12.3 Å². The summed E-state index contributed by atoms with van der Waals surface area (Å²) in [4.78, 5) is 8.80. The second kappa shape index (κ2) is 8.41. The van der Waals surface area contributed by atoms with Gasteiger partial charge < -0.3 is 14.6 Å². The molecule has 0 unspecified atom stereocenters. The molecular formula is C22H25ClN4O2. The van der Waals surface area contributed by atoms with E-state index in [0.29, 0.717) is 34.2 Å². The van der Waals surface area contributed by atoms with E-state index in [1.807, 2.05) is 19.9 Å². The van der Waals surface area contributed by atoms with Gasteiger partial charge in [0.2, 0.25) is 11.7 Å². The first-order valence-corrected chi connectivity index (χ1v) is 10.4. The molecule has 1 saturated carbocycles. The molecule has 6 nitrogen and oxygen atoms in total. The molecule has 3 aromatic rings. The Morgan fingerprint density at radius 3 is 2.69 bits per heavy atom. The largest absolute Gasteiger partial charge is 0.474 e. The summed E-state index contributed by atoms with van der Waals surface area (Å²) < 4.78 is 11.0. The van der Waals surface area contributed by atoms with Gasteiger partial charge >= 0.3 is 0 Å². The van der Waals surface area contributed by atoms with Crippen molar-refractivity contribution in [1.29, 1.82) is 0 Å². The second-order valence-corrected chi connectivity index (χ2v) is 8.16. The smallest absolute Gasteiger partial charge is 0.259 e. The molecule has 0 radical (unpaired) electrons. The third-order valence-electron chi connectivity index (χ3n) is 5.02.